The molecule has 1 aromatic rings. The standard InChI is InChI=1S/C10H12INO2/c11-10(13)9(12)7-14-6-8-4-2-1-3-5-8/h1-5,9H,6-7,12H2/t9-/m1/s1. The molecule has 3 nitrogen and oxygen atoms in total. The zero-order valence-electron chi connectivity index (χ0n) is 7.65. The fourth-order valence-electron chi connectivity index (χ4n) is 0.943. The van der Waals surface area contributed by atoms with Crippen LogP contribution in [0.5, 0.6) is 0 Å². The van der Waals surface area contributed by atoms with Crippen LogP contribution in [0.25, 0.3) is 0 Å². The first-order valence-electron chi connectivity index (χ1n) is 4.26. The Kier molecular flexibility index (Phi) is 5.06. The van der Waals surface area contributed by atoms with Gasteiger partial charge < -0.3 is 10.5 Å². The quantitative estimate of drug-likeness (QED) is 0.662. The molecule has 0 radical (unpaired) electrons. The molecule has 0 fully saturated rings. The molecule has 4 heteroatoms. The van der Waals surface area contributed by atoms with Crippen LogP contribution in [0, 0.1) is 0 Å². The van der Waals surface area contributed by atoms with Crippen LogP contribution in [-0.4, -0.2) is 16.4 Å². The van der Waals surface area contributed by atoms with E-state index in [-0.39, 0.29) is 10.4 Å². The van der Waals surface area contributed by atoms with E-state index in [1.165, 1.54) is 0 Å². The van der Waals surface area contributed by atoms with Crippen molar-refractivity contribution in [1.82, 2.24) is 0 Å². The first kappa shape index (κ1) is 11.6. The van der Waals surface area contributed by atoms with E-state index in [0.717, 1.165) is 5.56 Å². The van der Waals surface area contributed by atoms with Crippen LogP contribution in [-0.2, 0) is 16.1 Å². The molecule has 1 atom stereocenters. The summed E-state index contributed by atoms with van der Waals surface area (Å²) in [6.07, 6.45) is 0. The highest BCUT2D eigenvalue weighted by atomic mass is 127. The van der Waals surface area contributed by atoms with Gasteiger partial charge in [0.05, 0.1) is 19.3 Å². The molecule has 14 heavy (non-hydrogen) atoms. The van der Waals surface area contributed by atoms with Crippen LogP contribution in [0.15, 0.2) is 30.3 Å². The summed E-state index contributed by atoms with van der Waals surface area (Å²) in [5.74, 6) is 0. The van der Waals surface area contributed by atoms with Crippen molar-refractivity contribution in [2.75, 3.05) is 6.61 Å². The monoisotopic (exact) mass is 305 g/mol. The van der Waals surface area contributed by atoms with Gasteiger partial charge >= 0.3 is 0 Å². The Morgan fingerprint density at radius 2 is 2.07 bits per heavy atom. The Bertz CT molecular complexity index is 289. The minimum absolute atomic E-state index is 0.0735. The zero-order chi connectivity index (χ0) is 10.4. The first-order chi connectivity index (χ1) is 6.70. The lowest BCUT2D eigenvalue weighted by Crippen LogP contribution is -2.31. The molecule has 0 aliphatic carbocycles. The summed E-state index contributed by atoms with van der Waals surface area (Å²) < 4.78 is 5.22. The van der Waals surface area contributed by atoms with E-state index >= 15 is 0 Å². The number of ether oxygens (including phenoxy) is 1. The molecule has 0 unspecified atom stereocenters. The van der Waals surface area contributed by atoms with Gasteiger partial charge in [0, 0.05) is 22.6 Å². The lowest BCUT2D eigenvalue weighted by molar-refractivity contribution is -0.111. The number of halogens is 1. The molecule has 0 amide bonds. The predicted octanol–water partition coefficient (Wildman–Crippen LogP) is 1.49. The molecule has 0 saturated carbocycles. The molecule has 0 aliphatic rings. The van der Waals surface area contributed by atoms with E-state index in [4.69, 9.17) is 10.5 Å². The van der Waals surface area contributed by atoms with E-state index in [2.05, 4.69) is 0 Å². The van der Waals surface area contributed by atoms with Gasteiger partial charge in [0.2, 0.25) is 3.79 Å². The van der Waals surface area contributed by atoms with Gasteiger partial charge in [-0.05, 0) is 5.56 Å². The number of nitrogens with two attached hydrogens (primary N) is 1. The SMILES string of the molecule is N[C@H](COCc1ccccc1)C(=O)I. The van der Waals surface area contributed by atoms with Crippen molar-refractivity contribution >= 4 is 26.4 Å². The van der Waals surface area contributed by atoms with Crippen molar-refractivity contribution < 1.29 is 9.53 Å². The largest absolute Gasteiger partial charge is 0.375 e. The smallest absolute Gasteiger partial charge is 0.211 e. The Hall–Kier alpha value is -0.460. The third-order valence-electron chi connectivity index (χ3n) is 1.70. The maximum absolute atomic E-state index is 10.8. The molecule has 2 N–H and O–H groups in total. The van der Waals surface area contributed by atoms with Gasteiger partial charge in [0.1, 0.15) is 0 Å². The second-order valence-electron chi connectivity index (χ2n) is 2.91. The maximum atomic E-state index is 10.8. The molecular weight excluding hydrogens is 293 g/mol. The van der Waals surface area contributed by atoms with Crippen molar-refractivity contribution in [3.8, 4) is 0 Å². The molecule has 0 aromatic heterocycles. The highest BCUT2D eigenvalue weighted by Gasteiger charge is 2.08. The van der Waals surface area contributed by atoms with Gasteiger partial charge in [0.15, 0.2) is 0 Å². The highest BCUT2D eigenvalue weighted by Crippen LogP contribution is 2.01. The summed E-state index contributed by atoms with van der Waals surface area (Å²) in [6.45, 7) is 0.773. The lowest BCUT2D eigenvalue weighted by atomic mass is 10.2. The topological polar surface area (TPSA) is 52.3 Å². The van der Waals surface area contributed by atoms with Crippen molar-refractivity contribution in [1.29, 1.82) is 0 Å². The number of hydrogen-bond acceptors (Lipinski definition) is 3. The van der Waals surface area contributed by atoms with Gasteiger partial charge in [-0.25, -0.2) is 0 Å². The summed E-state index contributed by atoms with van der Waals surface area (Å²) in [5, 5.41) is 0. The van der Waals surface area contributed by atoms with E-state index in [1.807, 2.05) is 30.3 Å². The summed E-state index contributed by atoms with van der Waals surface area (Å²) in [5.41, 5.74) is 6.58. The van der Waals surface area contributed by atoms with E-state index in [9.17, 15) is 4.79 Å². The number of hydrogen-bond donors (Lipinski definition) is 1. The minimum atomic E-state index is -0.515. The molecule has 1 aromatic carbocycles. The predicted molar refractivity (Wildman–Crippen MR) is 63.1 cm³/mol. The van der Waals surface area contributed by atoms with Crippen LogP contribution < -0.4 is 5.73 Å². The Balaban J connectivity index is 2.26. The van der Waals surface area contributed by atoms with Crippen molar-refractivity contribution in [2.45, 2.75) is 12.6 Å². The van der Waals surface area contributed by atoms with Crippen LogP contribution in [0.4, 0.5) is 0 Å². The summed E-state index contributed by atoms with van der Waals surface area (Å²) in [6, 6.07) is 9.27. The molecule has 1 rings (SSSR count). The first-order valence-corrected chi connectivity index (χ1v) is 5.34. The lowest BCUT2D eigenvalue weighted by Gasteiger charge is -2.07. The van der Waals surface area contributed by atoms with Gasteiger partial charge in [-0.2, -0.15) is 0 Å². The Morgan fingerprint density at radius 1 is 1.43 bits per heavy atom. The van der Waals surface area contributed by atoms with Crippen molar-refractivity contribution in [3.05, 3.63) is 35.9 Å². The van der Waals surface area contributed by atoms with Crippen molar-refractivity contribution in [2.24, 2.45) is 5.73 Å². The fourth-order valence-corrected chi connectivity index (χ4v) is 1.12. The molecule has 0 heterocycles. The minimum Gasteiger partial charge on any atom is -0.375 e. The third-order valence-corrected chi connectivity index (χ3v) is 2.50. The normalized spacial score (nSPS) is 12.4. The van der Waals surface area contributed by atoms with Gasteiger partial charge in [-0.3, -0.25) is 4.79 Å². The second kappa shape index (κ2) is 6.10. The van der Waals surface area contributed by atoms with Crippen molar-refractivity contribution in [3.63, 3.8) is 0 Å². The molecule has 0 saturated heterocycles. The Morgan fingerprint density at radius 3 is 2.64 bits per heavy atom. The van der Waals surface area contributed by atoms with Gasteiger partial charge in [-0.15, -0.1) is 0 Å². The number of carbonyl (C=O) groups excluding carboxylic acids is 1. The van der Waals surface area contributed by atoms with E-state index in [1.54, 1.807) is 22.6 Å². The van der Waals surface area contributed by atoms with Gasteiger partial charge in [0.25, 0.3) is 0 Å². The molecular formula is C10H12INO2. The zero-order valence-corrected chi connectivity index (χ0v) is 9.81. The average molecular weight is 305 g/mol. The third kappa shape index (κ3) is 4.17. The van der Waals surface area contributed by atoms with Gasteiger partial charge in [-0.1, -0.05) is 30.3 Å². The second-order valence-corrected chi connectivity index (χ2v) is 3.97. The van der Waals surface area contributed by atoms with Crippen LogP contribution >= 0.6 is 22.6 Å². The highest BCUT2D eigenvalue weighted by molar-refractivity contribution is 14.1. The van der Waals surface area contributed by atoms with Crippen LogP contribution in [0.2, 0.25) is 0 Å². The number of benzene rings is 1. The summed E-state index contributed by atoms with van der Waals surface area (Å²) >= 11 is 1.68. The average Bonchev–Trinajstić information content (AvgIpc) is 2.19. The molecule has 76 valence electrons. The molecule has 0 bridgehead atoms. The molecule has 0 aliphatic heterocycles. The van der Waals surface area contributed by atoms with Crippen LogP contribution in [0.3, 0.4) is 0 Å². The number of carbonyl (C=O) groups is 1. The van der Waals surface area contributed by atoms with E-state index in [0.29, 0.717) is 6.61 Å². The number of rotatable bonds is 5. The van der Waals surface area contributed by atoms with Crippen LogP contribution in [0.1, 0.15) is 5.56 Å². The fraction of sp³-hybridized carbons (Fsp3) is 0.300. The summed E-state index contributed by atoms with van der Waals surface area (Å²) in [4.78, 5) is 10.8. The van der Waals surface area contributed by atoms with E-state index < -0.39 is 6.04 Å². The summed E-state index contributed by atoms with van der Waals surface area (Å²) in [7, 11) is 0. The molecule has 0 spiro atoms. The maximum Gasteiger partial charge on any atom is 0.211 e. The Labute approximate surface area is 96.8 Å².